The first-order chi connectivity index (χ1) is 13.9. The smallest absolute Gasteiger partial charge is 0.250 e. The van der Waals surface area contributed by atoms with E-state index < -0.39 is 22.0 Å². The fourth-order valence-corrected chi connectivity index (χ4v) is 4.97. The molecular weight excluding hydrogens is 398 g/mol. The van der Waals surface area contributed by atoms with Gasteiger partial charge in [-0.05, 0) is 25.1 Å². The molecule has 1 fully saturated rings. The Balaban J connectivity index is 1.47. The van der Waals surface area contributed by atoms with E-state index in [9.17, 15) is 13.0 Å². The molecule has 1 aliphatic carbocycles. The van der Waals surface area contributed by atoms with Crippen molar-refractivity contribution in [2.75, 3.05) is 0 Å². The molecule has 0 unspecified atom stereocenters. The Morgan fingerprint density at radius 2 is 2.07 bits per heavy atom. The Bertz CT molecular complexity index is 1240. The van der Waals surface area contributed by atoms with Crippen molar-refractivity contribution in [2.45, 2.75) is 35.8 Å². The summed E-state index contributed by atoms with van der Waals surface area (Å²) in [5.41, 5.74) is 2.20. The largest absolute Gasteiger partial charge is 0.263 e. The quantitative estimate of drug-likeness (QED) is 0.553. The van der Waals surface area contributed by atoms with E-state index in [0.29, 0.717) is 21.8 Å². The van der Waals surface area contributed by atoms with Crippen LogP contribution in [-0.4, -0.2) is 45.3 Å². The molecule has 4 aromatic rings. The summed E-state index contributed by atoms with van der Waals surface area (Å²) in [5, 5.41) is 11.6. The standard InChI is InChI=1S/C19H16F2N6OS/c1-11-24-17(26-25-11)12-3-2-4-14(5-12)27-18-13(9-23-27)6-15(10-22-18)29(28)16-7-19(20,21)8-16/h2-6,9-10,16H,7-8H2,1H3,(H,24,25,26)/t29-/m1/s1. The zero-order valence-electron chi connectivity index (χ0n) is 15.3. The van der Waals surface area contributed by atoms with Crippen molar-refractivity contribution in [3.8, 4) is 17.1 Å². The Kier molecular flexibility index (Phi) is 4.05. The lowest BCUT2D eigenvalue weighted by Gasteiger charge is -2.33. The van der Waals surface area contributed by atoms with Crippen molar-refractivity contribution < 1.29 is 13.0 Å². The number of nitrogens with one attached hydrogen (secondary N) is 1. The number of nitrogens with zero attached hydrogens (tertiary/aromatic N) is 5. The number of aromatic amines is 1. The first-order valence-corrected chi connectivity index (χ1v) is 10.2. The topological polar surface area (TPSA) is 89.3 Å². The van der Waals surface area contributed by atoms with Crippen LogP contribution in [0.5, 0.6) is 0 Å². The molecule has 1 aromatic carbocycles. The van der Waals surface area contributed by atoms with Gasteiger partial charge in [0, 0.05) is 30.0 Å². The molecule has 1 atom stereocenters. The summed E-state index contributed by atoms with van der Waals surface area (Å²) in [4.78, 5) is 9.19. The molecular formula is C19H16F2N6OS. The second-order valence-corrected chi connectivity index (χ2v) is 8.85. The molecule has 3 heterocycles. The van der Waals surface area contributed by atoms with Gasteiger partial charge in [0.05, 0.1) is 32.8 Å². The van der Waals surface area contributed by atoms with Crippen LogP contribution in [-0.2, 0) is 10.8 Å². The lowest BCUT2D eigenvalue weighted by atomic mass is 9.94. The van der Waals surface area contributed by atoms with Crippen molar-refractivity contribution in [3.63, 3.8) is 0 Å². The van der Waals surface area contributed by atoms with E-state index >= 15 is 0 Å². The van der Waals surface area contributed by atoms with Gasteiger partial charge >= 0.3 is 0 Å². The number of alkyl halides is 2. The summed E-state index contributed by atoms with van der Waals surface area (Å²) < 4.78 is 40.4. The number of aryl methyl sites for hydroxylation is 1. The van der Waals surface area contributed by atoms with Crippen LogP contribution >= 0.6 is 0 Å². The van der Waals surface area contributed by atoms with Crippen LogP contribution in [0.1, 0.15) is 18.7 Å². The van der Waals surface area contributed by atoms with Gasteiger partial charge in [-0.15, -0.1) is 0 Å². The molecule has 148 valence electrons. The minimum atomic E-state index is -2.70. The molecule has 0 saturated heterocycles. The number of halogens is 2. The summed E-state index contributed by atoms with van der Waals surface area (Å²) in [6.07, 6.45) is 2.42. The number of H-pyrrole nitrogens is 1. The molecule has 29 heavy (non-hydrogen) atoms. The van der Waals surface area contributed by atoms with E-state index in [1.165, 1.54) is 6.20 Å². The van der Waals surface area contributed by atoms with Crippen molar-refractivity contribution in [1.29, 1.82) is 0 Å². The fraction of sp³-hybridized carbons (Fsp3) is 0.263. The lowest BCUT2D eigenvalue weighted by Crippen LogP contribution is -2.42. The van der Waals surface area contributed by atoms with E-state index in [-0.39, 0.29) is 12.8 Å². The third-order valence-corrected chi connectivity index (χ3v) is 6.54. The second kappa shape index (κ2) is 6.51. The van der Waals surface area contributed by atoms with Gasteiger partial charge in [0.1, 0.15) is 5.82 Å². The van der Waals surface area contributed by atoms with Crippen LogP contribution in [0.3, 0.4) is 0 Å². The number of fused-ring (bicyclic) bond motifs is 1. The third-order valence-electron chi connectivity index (χ3n) is 4.92. The number of aromatic nitrogens is 6. The predicted octanol–water partition coefficient (Wildman–Crippen LogP) is 3.42. The molecule has 1 aliphatic rings. The van der Waals surface area contributed by atoms with Crippen LogP contribution in [0, 0.1) is 6.92 Å². The van der Waals surface area contributed by atoms with Crippen molar-refractivity contribution in [3.05, 3.63) is 48.5 Å². The SMILES string of the molecule is Cc1nc(-c2cccc(-n3ncc4cc([S@@](=O)C5CC(F)(F)C5)cnc43)c2)n[nH]1. The van der Waals surface area contributed by atoms with Crippen molar-refractivity contribution in [2.24, 2.45) is 0 Å². The highest BCUT2D eigenvalue weighted by Gasteiger charge is 2.48. The van der Waals surface area contributed by atoms with Gasteiger partial charge in [-0.25, -0.2) is 23.4 Å². The summed E-state index contributed by atoms with van der Waals surface area (Å²) in [6.45, 7) is 1.83. The first-order valence-electron chi connectivity index (χ1n) is 9.02. The normalized spacial score (nSPS) is 17.3. The molecule has 10 heteroatoms. The van der Waals surface area contributed by atoms with Gasteiger partial charge < -0.3 is 0 Å². The lowest BCUT2D eigenvalue weighted by molar-refractivity contribution is -0.0676. The minimum Gasteiger partial charge on any atom is -0.263 e. The molecule has 0 spiro atoms. The van der Waals surface area contributed by atoms with Gasteiger partial charge in [0.25, 0.3) is 5.92 Å². The maximum atomic E-state index is 13.1. The van der Waals surface area contributed by atoms with Crippen LogP contribution in [0.4, 0.5) is 8.78 Å². The molecule has 7 nitrogen and oxygen atoms in total. The monoisotopic (exact) mass is 414 g/mol. The van der Waals surface area contributed by atoms with Gasteiger partial charge in [0.2, 0.25) is 0 Å². The summed E-state index contributed by atoms with van der Waals surface area (Å²) >= 11 is 0. The van der Waals surface area contributed by atoms with Gasteiger partial charge in [-0.3, -0.25) is 9.31 Å². The fourth-order valence-electron chi connectivity index (χ4n) is 3.40. The molecule has 0 radical (unpaired) electrons. The number of hydrogen-bond donors (Lipinski definition) is 1. The van der Waals surface area contributed by atoms with Crippen molar-refractivity contribution in [1.82, 2.24) is 29.9 Å². The highest BCUT2D eigenvalue weighted by atomic mass is 32.2. The summed E-state index contributed by atoms with van der Waals surface area (Å²) in [5.74, 6) is -1.39. The Morgan fingerprint density at radius 1 is 1.24 bits per heavy atom. The van der Waals surface area contributed by atoms with E-state index in [1.807, 2.05) is 31.2 Å². The van der Waals surface area contributed by atoms with Crippen LogP contribution in [0.15, 0.2) is 47.6 Å². The Morgan fingerprint density at radius 3 is 2.79 bits per heavy atom. The highest BCUT2D eigenvalue weighted by molar-refractivity contribution is 7.85. The van der Waals surface area contributed by atoms with Crippen molar-refractivity contribution >= 4 is 21.8 Å². The number of benzene rings is 1. The van der Waals surface area contributed by atoms with E-state index in [4.69, 9.17) is 0 Å². The van der Waals surface area contributed by atoms with E-state index in [1.54, 1.807) is 16.9 Å². The van der Waals surface area contributed by atoms with Gasteiger partial charge in [-0.2, -0.15) is 10.2 Å². The molecule has 0 amide bonds. The van der Waals surface area contributed by atoms with Gasteiger partial charge in [-0.1, -0.05) is 12.1 Å². The van der Waals surface area contributed by atoms with Crippen LogP contribution < -0.4 is 0 Å². The maximum absolute atomic E-state index is 13.1. The van der Waals surface area contributed by atoms with E-state index in [2.05, 4.69) is 25.3 Å². The zero-order chi connectivity index (χ0) is 20.2. The average molecular weight is 414 g/mol. The number of pyridine rings is 1. The second-order valence-electron chi connectivity index (χ2n) is 7.12. The minimum absolute atomic E-state index is 0.343. The zero-order valence-corrected chi connectivity index (χ0v) is 16.2. The predicted molar refractivity (Wildman–Crippen MR) is 103 cm³/mol. The maximum Gasteiger partial charge on any atom is 0.250 e. The summed E-state index contributed by atoms with van der Waals surface area (Å²) in [7, 11) is -1.51. The molecule has 3 aromatic heterocycles. The molecule has 0 aliphatic heterocycles. The summed E-state index contributed by atoms with van der Waals surface area (Å²) in [6, 6.07) is 9.28. The highest BCUT2D eigenvalue weighted by Crippen LogP contribution is 2.42. The number of rotatable bonds is 4. The molecule has 5 rings (SSSR count). The molecule has 0 bridgehead atoms. The first kappa shape index (κ1) is 18.0. The molecule has 1 saturated carbocycles. The molecule has 1 N–H and O–H groups in total. The Hall–Kier alpha value is -3.01. The van der Waals surface area contributed by atoms with Gasteiger partial charge in [0.15, 0.2) is 11.5 Å². The third kappa shape index (κ3) is 3.23. The van der Waals surface area contributed by atoms with Crippen LogP contribution in [0.25, 0.3) is 28.1 Å². The van der Waals surface area contributed by atoms with E-state index in [0.717, 1.165) is 17.1 Å². The van der Waals surface area contributed by atoms with Crippen LogP contribution in [0.2, 0.25) is 0 Å². The number of hydrogen-bond acceptors (Lipinski definition) is 5. The average Bonchev–Trinajstić information content (AvgIpc) is 3.31. The Labute approximate surface area is 166 Å².